The fraction of sp³-hybridized carbons (Fsp3) is 0.364. The number of benzene rings is 1. The van der Waals surface area contributed by atoms with Crippen LogP contribution in [0.3, 0.4) is 0 Å². The number of esters is 1. The lowest BCUT2D eigenvalue weighted by Crippen LogP contribution is -2.04. The molecule has 16 heavy (non-hydrogen) atoms. The van der Waals surface area contributed by atoms with Crippen LogP contribution < -0.4 is 4.74 Å². The van der Waals surface area contributed by atoms with Crippen LogP contribution in [0, 0.1) is 7.14 Å². The lowest BCUT2D eigenvalue weighted by Gasteiger charge is -2.09. The topological polar surface area (TPSA) is 35.5 Å². The van der Waals surface area contributed by atoms with Gasteiger partial charge in [0.1, 0.15) is 5.75 Å². The largest absolute Gasteiger partial charge is 0.495 e. The summed E-state index contributed by atoms with van der Waals surface area (Å²) in [5.41, 5.74) is 1.15. The molecule has 0 saturated carbocycles. The molecule has 3 nitrogen and oxygen atoms in total. The van der Waals surface area contributed by atoms with Gasteiger partial charge in [-0.25, -0.2) is 0 Å². The maximum Gasteiger partial charge on any atom is 0.302 e. The quantitative estimate of drug-likeness (QED) is 0.528. The zero-order valence-electron chi connectivity index (χ0n) is 9.05. The van der Waals surface area contributed by atoms with Crippen LogP contribution in [0.5, 0.6) is 5.75 Å². The molecule has 0 radical (unpaired) electrons. The van der Waals surface area contributed by atoms with Crippen LogP contribution in [0.4, 0.5) is 0 Å². The van der Waals surface area contributed by atoms with Crippen LogP contribution in [0.2, 0.25) is 0 Å². The number of ether oxygens (including phenoxy) is 2. The van der Waals surface area contributed by atoms with Crippen molar-refractivity contribution in [2.75, 3.05) is 13.7 Å². The van der Waals surface area contributed by atoms with Gasteiger partial charge >= 0.3 is 5.97 Å². The van der Waals surface area contributed by atoms with Crippen molar-refractivity contribution < 1.29 is 14.3 Å². The lowest BCUT2D eigenvalue weighted by molar-refractivity contribution is -0.140. The summed E-state index contributed by atoms with van der Waals surface area (Å²) in [6, 6.07) is 4.09. The van der Waals surface area contributed by atoms with Gasteiger partial charge in [0.2, 0.25) is 0 Å². The highest BCUT2D eigenvalue weighted by atomic mass is 127. The summed E-state index contributed by atoms with van der Waals surface area (Å²) in [6.07, 6.45) is 0.732. The third-order valence-electron chi connectivity index (χ3n) is 1.96. The van der Waals surface area contributed by atoms with E-state index in [1.807, 2.05) is 12.1 Å². The monoisotopic (exact) mass is 446 g/mol. The molecule has 0 aliphatic heterocycles. The first-order valence-electron chi connectivity index (χ1n) is 4.70. The summed E-state index contributed by atoms with van der Waals surface area (Å²) in [5.74, 6) is 0.662. The van der Waals surface area contributed by atoms with Crippen molar-refractivity contribution in [3.8, 4) is 5.75 Å². The number of hydrogen-bond donors (Lipinski definition) is 0. The van der Waals surface area contributed by atoms with Gasteiger partial charge in [-0.2, -0.15) is 0 Å². The molecule has 0 atom stereocenters. The predicted molar refractivity (Wildman–Crippen MR) is 78.8 cm³/mol. The highest BCUT2D eigenvalue weighted by Gasteiger charge is 2.07. The molecule has 0 heterocycles. The molecule has 1 aromatic rings. The van der Waals surface area contributed by atoms with Crippen molar-refractivity contribution in [3.05, 3.63) is 24.8 Å². The summed E-state index contributed by atoms with van der Waals surface area (Å²) < 4.78 is 12.3. The number of halogens is 2. The summed E-state index contributed by atoms with van der Waals surface area (Å²) in [4.78, 5) is 10.6. The fourth-order valence-electron chi connectivity index (χ4n) is 1.26. The van der Waals surface area contributed by atoms with E-state index in [0.29, 0.717) is 6.61 Å². The molecular weight excluding hydrogens is 434 g/mol. The molecule has 5 heteroatoms. The minimum absolute atomic E-state index is 0.238. The highest BCUT2D eigenvalue weighted by Crippen LogP contribution is 2.28. The predicted octanol–water partition coefficient (Wildman–Crippen LogP) is 3.01. The maximum atomic E-state index is 10.6. The normalized spacial score (nSPS) is 10.0. The molecule has 0 bridgehead atoms. The van der Waals surface area contributed by atoms with Crippen LogP contribution >= 0.6 is 45.2 Å². The SMILES string of the molecule is COc1c(I)cc(CCOC(C)=O)cc1I. The second kappa shape index (κ2) is 6.63. The van der Waals surface area contributed by atoms with Gasteiger partial charge < -0.3 is 9.47 Å². The Morgan fingerprint density at radius 3 is 2.31 bits per heavy atom. The van der Waals surface area contributed by atoms with Gasteiger partial charge in [-0.1, -0.05) is 0 Å². The Morgan fingerprint density at radius 2 is 1.88 bits per heavy atom. The summed E-state index contributed by atoms with van der Waals surface area (Å²) in [5, 5.41) is 0. The Hall–Kier alpha value is -0.0500. The number of carbonyl (C=O) groups excluding carboxylic acids is 1. The molecule has 0 aromatic heterocycles. The fourth-order valence-corrected chi connectivity index (χ4v) is 3.60. The molecule has 0 aliphatic rings. The summed E-state index contributed by atoms with van der Waals surface area (Å²) >= 11 is 4.48. The van der Waals surface area contributed by atoms with Crippen LogP contribution in [0.15, 0.2) is 12.1 Å². The van der Waals surface area contributed by atoms with Crippen molar-refractivity contribution in [1.29, 1.82) is 0 Å². The van der Waals surface area contributed by atoms with Gasteiger partial charge in [-0.3, -0.25) is 4.79 Å². The molecule has 1 aromatic carbocycles. The third kappa shape index (κ3) is 4.08. The average Bonchev–Trinajstić information content (AvgIpc) is 2.16. The molecule has 0 aliphatic carbocycles. The van der Waals surface area contributed by atoms with E-state index in [0.717, 1.165) is 24.9 Å². The average molecular weight is 446 g/mol. The zero-order chi connectivity index (χ0) is 12.1. The van der Waals surface area contributed by atoms with Crippen LogP contribution in [0.1, 0.15) is 12.5 Å². The lowest BCUT2D eigenvalue weighted by atomic mass is 10.1. The summed E-state index contributed by atoms with van der Waals surface area (Å²) in [7, 11) is 1.66. The standard InChI is InChI=1S/C11H12I2O3/c1-7(14)16-4-3-8-5-9(12)11(15-2)10(13)6-8/h5-6H,3-4H2,1-2H3. The number of rotatable bonds is 4. The van der Waals surface area contributed by atoms with Crippen molar-refractivity contribution in [2.24, 2.45) is 0 Å². The second-order valence-corrected chi connectivity index (χ2v) is 5.51. The van der Waals surface area contributed by atoms with Gasteiger partial charge in [0.05, 0.1) is 20.9 Å². The van der Waals surface area contributed by atoms with Gasteiger partial charge in [0.25, 0.3) is 0 Å². The van der Waals surface area contributed by atoms with Crippen LogP contribution in [-0.2, 0) is 16.0 Å². The van der Waals surface area contributed by atoms with E-state index < -0.39 is 0 Å². The van der Waals surface area contributed by atoms with Crippen LogP contribution in [-0.4, -0.2) is 19.7 Å². The van der Waals surface area contributed by atoms with E-state index in [9.17, 15) is 4.79 Å². The van der Waals surface area contributed by atoms with E-state index >= 15 is 0 Å². The minimum Gasteiger partial charge on any atom is -0.495 e. The molecule has 0 spiro atoms. The number of hydrogen-bond acceptors (Lipinski definition) is 3. The van der Waals surface area contributed by atoms with Crippen molar-refractivity contribution in [3.63, 3.8) is 0 Å². The van der Waals surface area contributed by atoms with Gasteiger partial charge in [-0.15, -0.1) is 0 Å². The first-order chi connectivity index (χ1) is 7.54. The smallest absolute Gasteiger partial charge is 0.302 e. The van der Waals surface area contributed by atoms with E-state index in [1.165, 1.54) is 6.92 Å². The third-order valence-corrected chi connectivity index (χ3v) is 3.56. The number of methoxy groups -OCH3 is 1. The highest BCUT2D eigenvalue weighted by molar-refractivity contribution is 14.1. The Kier molecular flexibility index (Phi) is 5.81. The summed E-state index contributed by atoms with van der Waals surface area (Å²) in [6.45, 7) is 1.84. The van der Waals surface area contributed by atoms with Crippen molar-refractivity contribution in [2.45, 2.75) is 13.3 Å². The van der Waals surface area contributed by atoms with E-state index in [1.54, 1.807) is 7.11 Å². The molecule has 0 unspecified atom stereocenters. The molecule has 0 fully saturated rings. The van der Waals surface area contributed by atoms with Crippen molar-refractivity contribution >= 4 is 51.2 Å². The minimum atomic E-state index is -0.238. The van der Waals surface area contributed by atoms with Gasteiger partial charge in [0.15, 0.2) is 0 Å². The molecule has 0 saturated heterocycles. The first kappa shape index (κ1) is 14.0. The Bertz CT molecular complexity index is 368. The van der Waals surface area contributed by atoms with Gasteiger partial charge in [-0.05, 0) is 62.9 Å². The Balaban J connectivity index is 2.72. The number of carbonyl (C=O) groups is 1. The molecule has 0 amide bonds. The molecule has 1 rings (SSSR count). The first-order valence-corrected chi connectivity index (χ1v) is 6.85. The van der Waals surface area contributed by atoms with E-state index in [4.69, 9.17) is 9.47 Å². The van der Waals surface area contributed by atoms with E-state index in [2.05, 4.69) is 45.2 Å². The maximum absolute atomic E-state index is 10.6. The zero-order valence-corrected chi connectivity index (χ0v) is 13.4. The molecular formula is C11H12I2O3. The second-order valence-electron chi connectivity index (χ2n) is 3.18. The van der Waals surface area contributed by atoms with Crippen molar-refractivity contribution in [1.82, 2.24) is 0 Å². The Morgan fingerprint density at radius 1 is 1.31 bits per heavy atom. The van der Waals surface area contributed by atoms with E-state index in [-0.39, 0.29) is 5.97 Å². The van der Waals surface area contributed by atoms with Gasteiger partial charge in [0, 0.05) is 13.3 Å². The molecule has 88 valence electrons. The Labute approximate surface area is 122 Å². The van der Waals surface area contributed by atoms with Crippen LogP contribution in [0.25, 0.3) is 0 Å². The molecule has 0 N–H and O–H groups in total.